The van der Waals surface area contributed by atoms with E-state index in [1.807, 2.05) is 30.2 Å². The summed E-state index contributed by atoms with van der Waals surface area (Å²) in [6, 6.07) is 8.96. The fourth-order valence-corrected chi connectivity index (χ4v) is 5.32. The molecule has 10 heteroatoms. The van der Waals surface area contributed by atoms with Crippen molar-refractivity contribution < 1.29 is 9.59 Å². The van der Waals surface area contributed by atoms with Crippen LogP contribution >= 0.6 is 11.3 Å². The van der Waals surface area contributed by atoms with Crippen LogP contribution in [-0.2, 0) is 18.3 Å². The van der Waals surface area contributed by atoms with Crippen LogP contribution in [0.2, 0.25) is 0 Å². The molecule has 0 atom stereocenters. The molecule has 1 N–H and O–H groups in total. The molecule has 0 spiro atoms. The number of rotatable bonds is 6. The zero-order chi connectivity index (χ0) is 24.7. The fourth-order valence-electron chi connectivity index (χ4n) is 4.54. The Morgan fingerprint density at radius 2 is 1.94 bits per heavy atom. The van der Waals surface area contributed by atoms with Gasteiger partial charge in [0.2, 0.25) is 5.91 Å². The predicted molar refractivity (Wildman–Crippen MR) is 135 cm³/mol. The molecule has 180 valence electrons. The normalized spacial score (nSPS) is 13.7. The second kappa shape index (κ2) is 9.10. The van der Waals surface area contributed by atoms with Gasteiger partial charge in [0.05, 0.1) is 16.1 Å². The van der Waals surface area contributed by atoms with Crippen molar-refractivity contribution in [2.45, 2.75) is 33.1 Å². The number of aryl methyl sites for hydroxylation is 2. The third-order valence-electron chi connectivity index (χ3n) is 6.41. The van der Waals surface area contributed by atoms with Gasteiger partial charge in [-0.1, -0.05) is 18.2 Å². The molecule has 1 aromatic carbocycles. The molecule has 4 aromatic rings. The van der Waals surface area contributed by atoms with E-state index in [9.17, 15) is 14.4 Å². The molecule has 9 nitrogen and oxygen atoms in total. The third kappa shape index (κ3) is 4.25. The number of fused-ring (bicyclic) bond motifs is 1. The molecule has 1 aliphatic rings. The number of carbonyl (C=O) groups excluding carboxylic acids is 2. The second-order valence-corrected chi connectivity index (χ2v) is 9.69. The van der Waals surface area contributed by atoms with Crippen molar-refractivity contribution in [2.24, 2.45) is 7.05 Å². The summed E-state index contributed by atoms with van der Waals surface area (Å²) in [7, 11) is 1.54. The van der Waals surface area contributed by atoms with Gasteiger partial charge in [-0.05, 0) is 32.4 Å². The largest absolute Gasteiger partial charge is 0.342 e. The Bertz CT molecular complexity index is 1520. The molecule has 35 heavy (non-hydrogen) atoms. The van der Waals surface area contributed by atoms with Gasteiger partial charge in [-0.25, -0.2) is 9.67 Å². The zero-order valence-electron chi connectivity index (χ0n) is 19.9. The number of nitrogens with zero attached hydrogens (tertiary/aromatic N) is 5. The van der Waals surface area contributed by atoms with Crippen molar-refractivity contribution in [2.75, 3.05) is 18.5 Å². The highest BCUT2D eigenvalue weighted by Crippen LogP contribution is 2.28. The van der Waals surface area contributed by atoms with E-state index in [1.54, 1.807) is 40.3 Å². The summed E-state index contributed by atoms with van der Waals surface area (Å²) in [5.41, 5.74) is 6.33. The third-order valence-corrected chi connectivity index (χ3v) is 7.32. The van der Waals surface area contributed by atoms with Crippen LogP contribution in [0.25, 0.3) is 22.0 Å². The average molecular weight is 491 g/mol. The molecule has 1 fully saturated rings. The molecule has 2 amide bonds. The van der Waals surface area contributed by atoms with Gasteiger partial charge in [0.15, 0.2) is 5.69 Å². The lowest BCUT2D eigenvalue weighted by molar-refractivity contribution is -0.127. The highest BCUT2D eigenvalue weighted by molar-refractivity contribution is 7.09. The van der Waals surface area contributed by atoms with Crippen LogP contribution in [-0.4, -0.2) is 49.2 Å². The quantitative estimate of drug-likeness (QED) is 0.448. The summed E-state index contributed by atoms with van der Waals surface area (Å²) in [5, 5.41) is 8.17. The van der Waals surface area contributed by atoms with Crippen molar-refractivity contribution in [3.63, 3.8) is 0 Å². The summed E-state index contributed by atoms with van der Waals surface area (Å²) in [6.07, 6.45) is 2.31. The van der Waals surface area contributed by atoms with Crippen LogP contribution in [0.15, 0.2) is 40.5 Å². The Labute approximate surface area is 206 Å². The van der Waals surface area contributed by atoms with E-state index < -0.39 is 5.91 Å². The van der Waals surface area contributed by atoms with Crippen molar-refractivity contribution in [1.82, 2.24) is 24.3 Å². The van der Waals surface area contributed by atoms with Crippen molar-refractivity contribution in [3.05, 3.63) is 68.2 Å². The SMILES string of the molecule is Cc1cc(-c2csc(CCN3CCCC3=O)n2)c(C)n1NC(=O)c1nn(C)c(=O)c2ccccc12. The molecule has 0 unspecified atom stereocenters. The smallest absolute Gasteiger partial charge is 0.291 e. The Morgan fingerprint density at radius 1 is 1.17 bits per heavy atom. The number of carbonyl (C=O) groups is 2. The number of hydrogen-bond acceptors (Lipinski definition) is 6. The van der Waals surface area contributed by atoms with Crippen molar-refractivity contribution in [3.8, 4) is 11.3 Å². The highest BCUT2D eigenvalue weighted by atomic mass is 32.1. The standard InChI is InChI=1S/C25H26N6O3S/c1-15-13-19(20-14-35-21(26-20)10-12-30-11-6-9-22(30)32)16(2)31(15)28-24(33)23-17-7-4-5-8-18(17)25(34)29(3)27-23/h4-5,7-8,13-14H,6,9-12H2,1-3H3,(H,28,33). The van der Waals surface area contributed by atoms with Gasteiger partial charge in [-0.3, -0.25) is 24.5 Å². The van der Waals surface area contributed by atoms with Crippen LogP contribution in [0.1, 0.15) is 39.7 Å². The van der Waals surface area contributed by atoms with Crippen LogP contribution < -0.4 is 11.0 Å². The molecule has 1 saturated heterocycles. The molecule has 1 aliphatic heterocycles. The molecule has 0 radical (unpaired) electrons. The maximum atomic E-state index is 13.2. The number of aromatic nitrogens is 4. The molecule has 0 saturated carbocycles. The van der Waals surface area contributed by atoms with Gasteiger partial charge in [0.1, 0.15) is 0 Å². The minimum Gasteiger partial charge on any atom is -0.342 e. The van der Waals surface area contributed by atoms with Crippen LogP contribution in [0.4, 0.5) is 0 Å². The maximum Gasteiger partial charge on any atom is 0.291 e. The van der Waals surface area contributed by atoms with E-state index in [2.05, 4.69) is 10.5 Å². The number of likely N-dealkylation sites (tertiary alicyclic amines) is 1. The Balaban J connectivity index is 1.38. The van der Waals surface area contributed by atoms with E-state index in [0.29, 0.717) is 23.7 Å². The van der Waals surface area contributed by atoms with Crippen LogP contribution in [0, 0.1) is 13.8 Å². The van der Waals surface area contributed by atoms with Crippen molar-refractivity contribution in [1.29, 1.82) is 0 Å². The van der Waals surface area contributed by atoms with Gasteiger partial charge in [-0.15, -0.1) is 11.3 Å². The molecule has 3 aromatic heterocycles. The number of benzene rings is 1. The lowest BCUT2D eigenvalue weighted by Gasteiger charge is -2.13. The van der Waals surface area contributed by atoms with Gasteiger partial charge in [-0.2, -0.15) is 5.10 Å². The average Bonchev–Trinajstić information content (AvgIpc) is 3.55. The second-order valence-electron chi connectivity index (χ2n) is 8.74. The number of hydrogen-bond donors (Lipinski definition) is 1. The van der Waals surface area contributed by atoms with Crippen LogP contribution in [0.5, 0.6) is 0 Å². The first-order valence-electron chi connectivity index (χ1n) is 11.5. The van der Waals surface area contributed by atoms with E-state index >= 15 is 0 Å². The van der Waals surface area contributed by atoms with E-state index in [4.69, 9.17) is 4.98 Å². The van der Waals surface area contributed by atoms with Crippen molar-refractivity contribution >= 4 is 33.9 Å². The van der Waals surface area contributed by atoms with Gasteiger partial charge in [0.25, 0.3) is 11.5 Å². The predicted octanol–water partition coefficient (Wildman–Crippen LogP) is 3.02. The molecular weight excluding hydrogens is 464 g/mol. The van der Waals surface area contributed by atoms with E-state index in [0.717, 1.165) is 47.0 Å². The lowest BCUT2D eigenvalue weighted by Crippen LogP contribution is -2.29. The first kappa shape index (κ1) is 23.0. The number of thiazole rings is 1. The first-order chi connectivity index (χ1) is 16.8. The molecular formula is C25H26N6O3S. The minimum absolute atomic E-state index is 0.184. The number of amides is 2. The van der Waals surface area contributed by atoms with Gasteiger partial charge >= 0.3 is 0 Å². The van der Waals surface area contributed by atoms with E-state index in [-0.39, 0.29) is 17.2 Å². The summed E-state index contributed by atoms with van der Waals surface area (Å²) < 4.78 is 2.91. The molecule has 0 bridgehead atoms. The maximum absolute atomic E-state index is 13.2. The summed E-state index contributed by atoms with van der Waals surface area (Å²) in [5.74, 6) is -0.179. The lowest BCUT2D eigenvalue weighted by atomic mass is 10.1. The highest BCUT2D eigenvalue weighted by Gasteiger charge is 2.21. The summed E-state index contributed by atoms with van der Waals surface area (Å²) >= 11 is 1.58. The van der Waals surface area contributed by atoms with E-state index in [1.165, 1.54) is 11.7 Å². The fraction of sp³-hybridized carbons (Fsp3) is 0.320. The molecule has 0 aliphatic carbocycles. The first-order valence-corrected chi connectivity index (χ1v) is 12.4. The molecule has 4 heterocycles. The number of nitrogens with one attached hydrogen (secondary N) is 1. The molecule has 5 rings (SSSR count). The topological polar surface area (TPSA) is 102 Å². The minimum atomic E-state index is -0.403. The van der Waals surface area contributed by atoms with Gasteiger partial charge < -0.3 is 4.90 Å². The van der Waals surface area contributed by atoms with Crippen LogP contribution in [0.3, 0.4) is 0 Å². The Morgan fingerprint density at radius 3 is 2.69 bits per heavy atom. The Kier molecular flexibility index (Phi) is 5.98. The summed E-state index contributed by atoms with van der Waals surface area (Å²) in [6.45, 7) is 5.37. The van der Waals surface area contributed by atoms with Gasteiger partial charge in [0, 0.05) is 60.7 Å². The summed E-state index contributed by atoms with van der Waals surface area (Å²) in [4.78, 5) is 44.2. The Hall–Kier alpha value is -3.79. The zero-order valence-corrected chi connectivity index (χ0v) is 20.7. The monoisotopic (exact) mass is 490 g/mol.